The number of hydrogen-bond donors (Lipinski definition) is 1. The number of ether oxygens (including phenoxy) is 1. The second kappa shape index (κ2) is 10.8. The van der Waals surface area contributed by atoms with E-state index in [4.69, 9.17) is 4.74 Å². The van der Waals surface area contributed by atoms with Crippen LogP contribution in [0.4, 0.5) is 5.69 Å². The average Bonchev–Trinajstić information content (AvgIpc) is 3.29. The molecule has 26 heavy (non-hydrogen) atoms. The van der Waals surface area contributed by atoms with Crippen molar-refractivity contribution >= 4 is 35.6 Å². The average molecular weight is 470 g/mol. The van der Waals surface area contributed by atoms with Crippen molar-refractivity contribution < 1.29 is 4.74 Å². The van der Waals surface area contributed by atoms with Crippen LogP contribution in [0.25, 0.3) is 0 Å². The molecule has 0 radical (unpaired) electrons. The van der Waals surface area contributed by atoms with E-state index < -0.39 is 0 Å². The first-order chi connectivity index (χ1) is 12.3. The number of hydrogen-bond acceptors (Lipinski definition) is 3. The Morgan fingerprint density at radius 2 is 2.08 bits per heavy atom. The van der Waals surface area contributed by atoms with Gasteiger partial charge in [0, 0.05) is 52.6 Å². The molecule has 144 valence electrons. The Kier molecular flexibility index (Phi) is 8.71. The van der Waals surface area contributed by atoms with E-state index in [1.165, 1.54) is 24.1 Å². The van der Waals surface area contributed by atoms with E-state index in [1.54, 1.807) is 0 Å². The minimum absolute atomic E-state index is 0. The number of likely N-dealkylation sites (N-methyl/N-ethyl adjacent to an activating group) is 1. The first kappa shape index (κ1) is 21.0. The van der Waals surface area contributed by atoms with Crippen LogP contribution in [0.2, 0.25) is 0 Å². The zero-order valence-electron chi connectivity index (χ0n) is 15.9. The Labute approximate surface area is 174 Å². The molecule has 0 saturated heterocycles. The van der Waals surface area contributed by atoms with Crippen molar-refractivity contribution in [2.45, 2.75) is 19.4 Å². The molecule has 1 heterocycles. The number of benzene rings is 1. The highest BCUT2D eigenvalue weighted by atomic mass is 127. The van der Waals surface area contributed by atoms with Crippen LogP contribution in [0.3, 0.4) is 0 Å². The van der Waals surface area contributed by atoms with Gasteiger partial charge in [-0.05, 0) is 36.5 Å². The fourth-order valence-corrected chi connectivity index (χ4v) is 2.96. The monoisotopic (exact) mass is 470 g/mol. The molecule has 0 aromatic heterocycles. The summed E-state index contributed by atoms with van der Waals surface area (Å²) in [5.41, 5.74) is 2.55. The summed E-state index contributed by atoms with van der Waals surface area (Å²) in [7, 11) is 3.89. The molecule has 1 N–H and O–H groups in total. The third-order valence-corrected chi connectivity index (χ3v) is 4.74. The standard InChI is InChI=1S/C20H30N4O.HI/c1-21-20(23(2)12-13-25-16-17-8-9-17)22-15-18-6-5-7-19(14-18)24-10-3-4-11-24;/h3-7,14,17H,8-13,15-16H2,1-2H3,(H,21,22);1H. The molecule has 2 aliphatic rings. The lowest BCUT2D eigenvalue weighted by molar-refractivity contribution is 0.115. The van der Waals surface area contributed by atoms with Gasteiger partial charge in [0.15, 0.2) is 5.96 Å². The predicted molar refractivity (Wildman–Crippen MR) is 120 cm³/mol. The molecular formula is C20H31IN4O. The van der Waals surface area contributed by atoms with Crippen molar-refractivity contribution in [3.05, 3.63) is 42.0 Å². The molecule has 0 atom stereocenters. The fourth-order valence-electron chi connectivity index (χ4n) is 2.96. The van der Waals surface area contributed by atoms with Crippen molar-refractivity contribution in [3.63, 3.8) is 0 Å². The van der Waals surface area contributed by atoms with Gasteiger partial charge < -0.3 is 19.9 Å². The van der Waals surface area contributed by atoms with Crippen molar-refractivity contribution in [1.29, 1.82) is 0 Å². The van der Waals surface area contributed by atoms with Crippen molar-refractivity contribution in [2.75, 3.05) is 51.8 Å². The van der Waals surface area contributed by atoms with Gasteiger partial charge in [-0.2, -0.15) is 0 Å². The molecule has 0 bridgehead atoms. The molecule has 6 heteroatoms. The molecule has 1 fully saturated rings. The van der Waals surface area contributed by atoms with E-state index in [0.717, 1.165) is 51.3 Å². The van der Waals surface area contributed by atoms with E-state index in [-0.39, 0.29) is 24.0 Å². The van der Waals surface area contributed by atoms with Gasteiger partial charge in [0.05, 0.1) is 6.61 Å². The van der Waals surface area contributed by atoms with Crippen LogP contribution in [0.15, 0.2) is 41.4 Å². The van der Waals surface area contributed by atoms with Crippen LogP contribution in [-0.2, 0) is 11.3 Å². The molecule has 1 aromatic carbocycles. The van der Waals surface area contributed by atoms with Gasteiger partial charge in [-0.3, -0.25) is 4.99 Å². The number of halogens is 1. The summed E-state index contributed by atoms with van der Waals surface area (Å²) in [5, 5.41) is 3.45. The molecule has 0 amide bonds. The molecule has 1 aromatic rings. The molecule has 5 nitrogen and oxygen atoms in total. The quantitative estimate of drug-likeness (QED) is 0.209. The van der Waals surface area contributed by atoms with Crippen LogP contribution >= 0.6 is 24.0 Å². The zero-order chi connectivity index (χ0) is 17.5. The number of aliphatic imine (C=N–C) groups is 1. The van der Waals surface area contributed by atoms with Crippen LogP contribution in [0.5, 0.6) is 0 Å². The summed E-state index contributed by atoms with van der Waals surface area (Å²) in [6.45, 7) is 5.30. The number of guanidine groups is 1. The Hall–Kier alpha value is -1.28. The molecule has 1 saturated carbocycles. The molecule has 3 rings (SSSR count). The van der Waals surface area contributed by atoms with E-state index in [0.29, 0.717) is 0 Å². The second-order valence-corrected chi connectivity index (χ2v) is 6.89. The summed E-state index contributed by atoms with van der Waals surface area (Å²) in [5.74, 6) is 1.73. The van der Waals surface area contributed by atoms with Crippen LogP contribution in [0.1, 0.15) is 18.4 Å². The van der Waals surface area contributed by atoms with Crippen molar-refractivity contribution in [1.82, 2.24) is 10.2 Å². The maximum absolute atomic E-state index is 5.72. The number of rotatable bonds is 8. The largest absolute Gasteiger partial charge is 0.379 e. The van der Waals surface area contributed by atoms with Crippen LogP contribution in [-0.4, -0.2) is 57.8 Å². The summed E-state index contributed by atoms with van der Waals surface area (Å²) in [4.78, 5) is 8.87. The molecule has 1 aliphatic heterocycles. The predicted octanol–water partition coefficient (Wildman–Crippen LogP) is 3.11. The lowest BCUT2D eigenvalue weighted by Gasteiger charge is -2.23. The number of nitrogens with one attached hydrogen (secondary N) is 1. The molecular weight excluding hydrogens is 439 g/mol. The lowest BCUT2D eigenvalue weighted by Crippen LogP contribution is -2.40. The van der Waals surface area contributed by atoms with E-state index in [9.17, 15) is 0 Å². The summed E-state index contributed by atoms with van der Waals surface area (Å²) < 4.78 is 5.72. The van der Waals surface area contributed by atoms with Crippen LogP contribution < -0.4 is 10.2 Å². The SMILES string of the molecule is CN=C(NCc1cccc(N2CC=CC2)c1)N(C)CCOCC1CC1.I. The first-order valence-electron chi connectivity index (χ1n) is 9.24. The van der Waals surface area contributed by atoms with Crippen molar-refractivity contribution in [3.8, 4) is 0 Å². The van der Waals surface area contributed by atoms with Gasteiger partial charge in [-0.25, -0.2) is 0 Å². The summed E-state index contributed by atoms with van der Waals surface area (Å²) in [6.07, 6.45) is 7.11. The fraction of sp³-hybridized carbons (Fsp3) is 0.550. The highest BCUT2D eigenvalue weighted by molar-refractivity contribution is 14.0. The topological polar surface area (TPSA) is 40.1 Å². The Morgan fingerprint density at radius 1 is 1.31 bits per heavy atom. The minimum Gasteiger partial charge on any atom is -0.379 e. The van der Waals surface area contributed by atoms with Crippen LogP contribution in [0, 0.1) is 5.92 Å². The Bertz CT molecular complexity index is 608. The zero-order valence-corrected chi connectivity index (χ0v) is 18.2. The Balaban J connectivity index is 0.00000243. The van der Waals surface area contributed by atoms with Gasteiger partial charge in [0.25, 0.3) is 0 Å². The highest BCUT2D eigenvalue weighted by Gasteiger charge is 2.21. The van der Waals surface area contributed by atoms with Gasteiger partial charge >= 0.3 is 0 Å². The molecule has 1 aliphatic carbocycles. The smallest absolute Gasteiger partial charge is 0.193 e. The summed E-state index contributed by atoms with van der Waals surface area (Å²) >= 11 is 0. The number of anilines is 1. The first-order valence-corrected chi connectivity index (χ1v) is 9.24. The third kappa shape index (κ3) is 6.46. The summed E-state index contributed by atoms with van der Waals surface area (Å²) in [6, 6.07) is 8.72. The highest BCUT2D eigenvalue weighted by Crippen LogP contribution is 2.28. The third-order valence-electron chi connectivity index (χ3n) is 4.74. The minimum atomic E-state index is 0. The molecule has 0 unspecified atom stereocenters. The van der Waals surface area contributed by atoms with Gasteiger partial charge in [-0.1, -0.05) is 24.3 Å². The van der Waals surface area contributed by atoms with E-state index in [1.807, 2.05) is 7.05 Å². The van der Waals surface area contributed by atoms with Gasteiger partial charge in [-0.15, -0.1) is 24.0 Å². The van der Waals surface area contributed by atoms with E-state index in [2.05, 4.69) is 63.6 Å². The normalized spacial score (nSPS) is 16.5. The van der Waals surface area contributed by atoms with Gasteiger partial charge in [0.1, 0.15) is 0 Å². The maximum Gasteiger partial charge on any atom is 0.193 e. The maximum atomic E-state index is 5.72. The lowest BCUT2D eigenvalue weighted by atomic mass is 10.2. The van der Waals surface area contributed by atoms with Gasteiger partial charge in [0.2, 0.25) is 0 Å². The molecule has 0 spiro atoms. The number of nitrogens with zero attached hydrogens (tertiary/aromatic N) is 3. The second-order valence-electron chi connectivity index (χ2n) is 6.89. The Morgan fingerprint density at radius 3 is 2.77 bits per heavy atom. The van der Waals surface area contributed by atoms with E-state index >= 15 is 0 Å². The van der Waals surface area contributed by atoms with Crippen molar-refractivity contribution in [2.24, 2.45) is 10.9 Å².